The average molecular weight is 415 g/mol. The van der Waals surface area contributed by atoms with Crippen LogP contribution in [-0.2, 0) is 6.18 Å². The monoisotopic (exact) mass is 415 g/mol. The zero-order valence-electron chi connectivity index (χ0n) is 16.6. The van der Waals surface area contributed by atoms with Gasteiger partial charge in [-0.1, -0.05) is 12.1 Å². The van der Waals surface area contributed by atoms with Crippen LogP contribution >= 0.6 is 0 Å². The Hall–Kier alpha value is -3.36. The van der Waals surface area contributed by atoms with Crippen LogP contribution in [0.4, 0.5) is 13.2 Å². The second-order valence-electron chi connectivity index (χ2n) is 7.43. The smallest absolute Gasteiger partial charge is 0.342 e. The molecule has 0 fully saturated rings. The van der Waals surface area contributed by atoms with Gasteiger partial charge in [-0.05, 0) is 51.1 Å². The highest BCUT2D eigenvalue weighted by Gasteiger charge is 2.34. The Morgan fingerprint density at radius 1 is 1.07 bits per heavy atom. The lowest BCUT2D eigenvalue weighted by atomic mass is 10.1. The minimum Gasteiger partial charge on any atom is -0.342 e. The van der Waals surface area contributed by atoms with Gasteiger partial charge in [0.25, 0.3) is 5.91 Å². The van der Waals surface area contributed by atoms with E-state index in [1.54, 1.807) is 0 Å². The molecule has 2 N–H and O–H groups in total. The molecule has 4 aromatic rings. The highest BCUT2D eigenvalue weighted by atomic mass is 19.4. The van der Waals surface area contributed by atoms with E-state index in [9.17, 15) is 18.0 Å². The number of nitrogens with zero attached hydrogens (tertiary/aromatic N) is 3. The number of nitrogens with one attached hydrogen (secondary N) is 2. The van der Waals surface area contributed by atoms with Crippen LogP contribution in [0.25, 0.3) is 22.1 Å². The van der Waals surface area contributed by atoms with E-state index in [0.29, 0.717) is 5.82 Å². The van der Waals surface area contributed by atoms with Crippen molar-refractivity contribution in [3.05, 3.63) is 59.7 Å². The highest BCUT2D eigenvalue weighted by Crippen LogP contribution is 2.29. The lowest BCUT2D eigenvalue weighted by Gasteiger charge is -2.19. The summed E-state index contributed by atoms with van der Waals surface area (Å²) in [6.45, 7) is 5.90. The molecule has 1 atom stereocenters. The SMILES string of the molecule is CC(C)n1c([C@@H](C)NC(=O)c2ccc3nc(C(F)(F)F)[nH]c3c2)nc2ccccc21. The molecule has 1 amide bonds. The lowest BCUT2D eigenvalue weighted by molar-refractivity contribution is -0.144. The molecule has 2 aromatic carbocycles. The molecule has 30 heavy (non-hydrogen) atoms. The molecule has 4 rings (SSSR count). The van der Waals surface area contributed by atoms with Crippen molar-refractivity contribution in [2.75, 3.05) is 0 Å². The Kier molecular flexibility index (Phi) is 4.76. The molecular formula is C21H20F3N5O. The van der Waals surface area contributed by atoms with Gasteiger partial charge >= 0.3 is 6.18 Å². The van der Waals surface area contributed by atoms with Crippen molar-refractivity contribution in [1.82, 2.24) is 24.8 Å². The van der Waals surface area contributed by atoms with Gasteiger partial charge in [-0.15, -0.1) is 0 Å². The molecule has 0 aliphatic carbocycles. The maximum atomic E-state index is 12.9. The molecule has 2 heterocycles. The number of aromatic nitrogens is 4. The Morgan fingerprint density at radius 3 is 2.50 bits per heavy atom. The number of amides is 1. The van der Waals surface area contributed by atoms with E-state index < -0.39 is 23.9 Å². The minimum atomic E-state index is -4.58. The predicted molar refractivity (Wildman–Crippen MR) is 107 cm³/mol. The van der Waals surface area contributed by atoms with Crippen molar-refractivity contribution in [3.63, 3.8) is 0 Å². The van der Waals surface area contributed by atoms with Gasteiger partial charge in [-0.3, -0.25) is 4.79 Å². The second-order valence-corrected chi connectivity index (χ2v) is 7.43. The van der Waals surface area contributed by atoms with Crippen molar-refractivity contribution in [3.8, 4) is 0 Å². The molecule has 6 nitrogen and oxygen atoms in total. The van der Waals surface area contributed by atoms with E-state index in [1.165, 1.54) is 18.2 Å². The molecule has 9 heteroatoms. The topological polar surface area (TPSA) is 75.6 Å². The fourth-order valence-electron chi connectivity index (χ4n) is 3.54. The molecule has 0 saturated carbocycles. The third-order valence-electron chi connectivity index (χ3n) is 4.89. The normalized spacial score (nSPS) is 13.3. The predicted octanol–water partition coefficient (Wildman–Crippen LogP) is 5.00. The van der Waals surface area contributed by atoms with Crippen LogP contribution in [0.1, 0.15) is 54.9 Å². The van der Waals surface area contributed by atoms with Crippen molar-refractivity contribution >= 4 is 28.0 Å². The summed E-state index contributed by atoms with van der Waals surface area (Å²) in [5, 5.41) is 2.89. The maximum Gasteiger partial charge on any atom is 0.449 e. The first-order valence-corrected chi connectivity index (χ1v) is 9.50. The molecule has 156 valence electrons. The van der Waals surface area contributed by atoms with Gasteiger partial charge in [-0.2, -0.15) is 13.2 Å². The van der Waals surface area contributed by atoms with Crippen LogP contribution in [0, 0.1) is 0 Å². The molecule has 0 spiro atoms. The first-order chi connectivity index (χ1) is 14.1. The third-order valence-corrected chi connectivity index (χ3v) is 4.89. The number of hydrogen-bond acceptors (Lipinski definition) is 3. The van der Waals surface area contributed by atoms with Crippen molar-refractivity contribution in [2.24, 2.45) is 0 Å². The maximum absolute atomic E-state index is 12.9. The summed E-state index contributed by atoms with van der Waals surface area (Å²) in [4.78, 5) is 23.2. The zero-order valence-corrected chi connectivity index (χ0v) is 16.6. The quantitative estimate of drug-likeness (QED) is 0.492. The van der Waals surface area contributed by atoms with Gasteiger partial charge in [0.1, 0.15) is 5.82 Å². The molecule has 2 aromatic heterocycles. The summed E-state index contributed by atoms with van der Waals surface area (Å²) in [5.41, 5.74) is 2.34. The number of carbonyl (C=O) groups excluding carboxylic acids is 1. The summed E-state index contributed by atoms with van der Waals surface area (Å²) in [6.07, 6.45) is -4.58. The Morgan fingerprint density at radius 2 is 1.80 bits per heavy atom. The first kappa shape index (κ1) is 19.9. The van der Waals surface area contributed by atoms with Crippen LogP contribution in [0.2, 0.25) is 0 Å². The second kappa shape index (κ2) is 7.16. The third kappa shape index (κ3) is 3.51. The number of halogens is 3. The van der Waals surface area contributed by atoms with Crippen LogP contribution in [0.3, 0.4) is 0 Å². The molecule has 0 saturated heterocycles. The van der Waals surface area contributed by atoms with E-state index in [-0.39, 0.29) is 22.6 Å². The summed E-state index contributed by atoms with van der Waals surface area (Å²) in [6, 6.07) is 11.7. The number of fused-ring (bicyclic) bond motifs is 2. The number of alkyl halides is 3. The molecule has 0 aliphatic rings. The number of para-hydroxylation sites is 2. The van der Waals surface area contributed by atoms with Crippen LogP contribution in [0.5, 0.6) is 0 Å². The van der Waals surface area contributed by atoms with Gasteiger partial charge in [0, 0.05) is 11.6 Å². The molecule has 0 aliphatic heterocycles. The zero-order chi connectivity index (χ0) is 21.6. The largest absolute Gasteiger partial charge is 0.449 e. The lowest BCUT2D eigenvalue weighted by Crippen LogP contribution is -2.29. The fraction of sp³-hybridized carbons (Fsp3) is 0.286. The minimum absolute atomic E-state index is 0.133. The highest BCUT2D eigenvalue weighted by molar-refractivity contribution is 5.97. The summed E-state index contributed by atoms with van der Waals surface area (Å²) in [7, 11) is 0. The van der Waals surface area contributed by atoms with Gasteiger partial charge in [0.2, 0.25) is 5.82 Å². The van der Waals surface area contributed by atoms with E-state index in [1.807, 2.05) is 45.0 Å². The van der Waals surface area contributed by atoms with Crippen LogP contribution in [0.15, 0.2) is 42.5 Å². The number of imidazole rings is 2. The Balaban J connectivity index is 1.62. The standard InChI is InChI=1S/C21H20F3N5O/c1-11(2)29-17-7-5-4-6-15(17)26-18(29)12(3)25-19(30)13-8-9-14-16(10-13)28-20(27-14)21(22,23)24/h4-12H,1-3H3,(H,25,30)(H,27,28)/t12-/m1/s1. The van der Waals surface area contributed by atoms with Gasteiger partial charge in [-0.25, -0.2) is 9.97 Å². The summed E-state index contributed by atoms with van der Waals surface area (Å²) >= 11 is 0. The van der Waals surface area contributed by atoms with Gasteiger partial charge in [0.05, 0.1) is 28.1 Å². The first-order valence-electron chi connectivity index (χ1n) is 9.50. The average Bonchev–Trinajstić information content (AvgIpc) is 3.28. The molecular weight excluding hydrogens is 395 g/mol. The number of carbonyl (C=O) groups is 1. The Labute approximate surface area is 170 Å². The van der Waals surface area contributed by atoms with Crippen molar-refractivity contribution in [2.45, 2.75) is 39.0 Å². The summed E-state index contributed by atoms with van der Waals surface area (Å²) in [5.74, 6) is -0.787. The van der Waals surface area contributed by atoms with Crippen molar-refractivity contribution in [1.29, 1.82) is 0 Å². The van der Waals surface area contributed by atoms with E-state index >= 15 is 0 Å². The summed E-state index contributed by atoms with van der Waals surface area (Å²) < 4.78 is 40.6. The van der Waals surface area contributed by atoms with Gasteiger partial charge < -0.3 is 14.9 Å². The Bertz CT molecular complexity index is 1240. The van der Waals surface area contributed by atoms with E-state index in [0.717, 1.165) is 11.0 Å². The fourth-order valence-corrected chi connectivity index (χ4v) is 3.54. The number of benzene rings is 2. The van der Waals surface area contributed by atoms with Crippen LogP contribution in [-0.4, -0.2) is 25.4 Å². The van der Waals surface area contributed by atoms with E-state index in [2.05, 4.69) is 24.8 Å². The number of H-pyrrole nitrogens is 1. The van der Waals surface area contributed by atoms with E-state index in [4.69, 9.17) is 0 Å². The molecule has 0 unspecified atom stereocenters. The number of aromatic amines is 1. The number of hydrogen-bond donors (Lipinski definition) is 2. The molecule has 0 bridgehead atoms. The van der Waals surface area contributed by atoms with Gasteiger partial charge in [0.15, 0.2) is 0 Å². The molecule has 0 radical (unpaired) electrons. The number of rotatable bonds is 4. The van der Waals surface area contributed by atoms with Crippen LogP contribution < -0.4 is 5.32 Å². The van der Waals surface area contributed by atoms with Crippen molar-refractivity contribution < 1.29 is 18.0 Å².